The van der Waals surface area contributed by atoms with Crippen molar-refractivity contribution in [2.45, 2.75) is 13.8 Å². The van der Waals surface area contributed by atoms with Crippen LogP contribution in [0.15, 0.2) is 42.1 Å². The second-order valence-electron chi connectivity index (χ2n) is 5.88. The van der Waals surface area contributed by atoms with E-state index in [1.807, 2.05) is 32.0 Å². The lowest BCUT2D eigenvalue weighted by Gasteiger charge is -2.13. The van der Waals surface area contributed by atoms with Crippen LogP contribution in [0.25, 0.3) is 0 Å². The van der Waals surface area contributed by atoms with Gasteiger partial charge in [0.25, 0.3) is 11.8 Å². The molecule has 1 aromatic carbocycles. The quantitative estimate of drug-likeness (QED) is 0.675. The molecule has 0 saturated carbocycles. The van der Waals surface area contributed by atoms with Crippen molar-refractivity contribution in [2.24, 2.45) is 0 Å². The van der Waals surface area contributed by atoms with Gasteiger partial charge in [0.15, 0.2) is 0 Å². The van der Waals surface area contributed by atoms with E-state index in [0.717, 1.165) is 22.0 Å². The van der Waals surface area contributed by atoms with E-state index in [-0.39, 0.29) is 18.8 Å². The number of hydrogen-bond acceptors (Lipinski definition) is 7. The largest absolute Gasteiger partial charge is 0.395 e. The van der Waals surface area contributed by atoms with E-state index in [9.17, 15) is 9.59 Å². The van der Waals surface area contributed by atoms with E-state index >= 15 is 0 Å². The normalized spacial score (nSPS) is 13.8. The number of nitrogens with one attached hydrogen (secondary N) is 2. The fraction of sp³-hybridized carbons (Fsp3) is 0.222. The minimum Gasteiger partial charge on any atom is -0.395 e. The van der Waals surface area contributed by atoms with Crippen LogP contribution in [0.1, 0.15) is 11.4 Å². The van der Waals surface area contributed by atoms with Gasteiger partial charge >= 0.3 is 0 Å². The number of carbonyl (C=O) groups excluding carboxylic acids is 2. The van der Waals surface area contributed by atoms with E-state index in [2.05, 4.69) is 20.6 Å². The third kappa shape index (κ3) is 3.86. The standard InChI is InChI=1S/C18H19N5O3/c1-11-9-12(2)20-18(19-11)22-14-5-3-13(4-6-14)21-15-10-16(25)23(7-8-24)17(15)26/h3-6,9-10,21,24H,7-8H2,1-2H3,(H,19,20,22). The number of benzene rings is 1. The Bertz CT molecular complexity index is 857. The number of aromatic nitrogens is 2. The van der Waals surface area contributed by atoms with E-state index in [4.69, 9.17) is 5.11 Å². The molecule has 0 radical (unpaired) electrons. The van der Waals surface area contributed by atoms with Crippen molar-refractivity contribution in [3.63, 3.8) is 0 Å². The number of hydrogen-bond donors (Lipinski definition) is 3. The Morgan fingerprint density at radius 3 is 2.15 bits per heavy atom. The summed E-state index contributed by atoms with van der Waals surface area (Å²) >= 11 is 0. The first-order valence-corrected chi connectivity index (χ1v) is 8.11. The Hall–Kier alpha value is -3.26. The highest BCUT2D eigenvalue weighted by Crippen LogP contribution is 2.20. The summed E-state index contributed by atoms with van der Waals surface area (Å²) < 4.78 is 0. The summed E-state index contributed by atoms with van der Waals surface area (Å²) in [5.41, 5.74) is 3.39. The molecule has 2 amide bonds. The van der Waals surface area contributed by atoms with E-state index in [0.29, 0.717) is 11.6 Å². The van der Waals surface area contributed by atoms with Gasteiger partial charge in [-0.1, -0.05) is 0 Å². The third-order valence-electron chi connectivity index (χ3n) is 3.74. The number of imide groups is 1. The molecule has 0 saturated heterocycles. The molecule has 8 heteroatoms. The van der Waals surface area contributed by atoms with Crippen molar-refractivity contribution in [3.8, 4) is 0 Å². The summed E-state index contributed by atoms with van der Waals surface area (Å²) in [6, 6.07) is 9.08. The highest BCUT2D eigenvalue weighted by atomic mass is 16.3. The summed E-state index contributed by atoms with van der Waals surface area (Å²) in [4.78, 5) is 33.5. The molecule has 2 aromatic rings. The van der Waals surface area contributed by atoms with Gasteiger partial charge in [0, 0.05) is 28.8 Å². The van der Waals surface area contributed by atoms with Crippen LogP contribution in [0.5, 0.6) is 0 Å². The number of β-amino-alcohol motifs (C(OH)–C–C–N with tert-alkyl or cyclic N) is 1. The van der Waals surface area contributed by atoms with Gasteiger partial charge in [-0.2, -0.15) is 0 Å². The molecule has 8 nitrogen and oxygen atoms in total. The molecule has 134 valence electrons. The van der Waals surface area contributed by atoms with Gasteiger partial charge in [0.05, 0.1) is 13.2 Å². The lowest BCUT2D eigenvalue weighted by Crippen LogP contribution is -2.34. The number of amides is 2. The molecule has 2 heterocycles. The molecular weight excluding hydrogens is 334 g/mol. The zero-order valence-corrected chi connectivity index (χ0v) is 14.5. The van der Waals surface area contributed by atoms with Crippen LogP contribution < -0.4 is 10.6 Å². The van der Waals surface area contributed by atoms with Gasteiger partial charge in [0.1, 0.15) is 5.70 Å². The lowest BCUT2D eigenvalue weighted by molar-refractivity contribution is -0.137. The van der Waals surface area contributed by atoms with Crippen LogP contribution >= 0.6 is 0 Å². The van der Waals surface area contributed by atoms with Crippen LogP contribution in [0.4, 0.5) is 17.3 Å². The summed E-state index contributed by atoms with van der Waals surface area (Å²) in [7, 11) is 0. The Labute approximate surface area is 150 Å². The van der Waals surface area contributed by atoms with E-state index < -0.39 is 11.8 Å². The molecule has 0 bridgehead atoms. The van der Waals surface area contributed by atoms with Gasteiger partial charge < -0.3 is 15.7 Å². The summed E-state index contributed by atoms with van der Waals surface area (Å²) in [6.07, 6.45) is 1.23. The maximum absolute atomic E-state index is 12.1. The molecule has 0 atom stereocenters. The molecule has 26 heavy (non-hydrogen) atoms. The van der Waals surface area contributed by atoms with Crippen LogP contribution in [-0.2, 0) is 9.59 Å². The lowest BCUT2D eigenvalue weighted by atomic mass is 10.2. The van der Waals surface area contributed by atoms with Gasteiger partial charge in [0.2, 0.25) is 5.95 Å². The van der Waals surface area contributed by atoms with Crippen LogP contribution in [0.2, 0.25) is 0 Å². The Kier molecular flexibility index (Phi) is 4.94. The molecule has 0 unspecified atom stereocenters. The maximum atomic E-state index is 12.1. The molecule has 0 spiro atoms. The molecule has 0 aliphatic carbocycles. The zero-order chi connectivity index (χ0) is 18.7. The van der Waals surface area contributed by atoms with E-state index in [1.165, 1.54) is 6.08 Å². The monoisotopic (exact) mass is 353 g/mol. The maximum Gasteiger partial charge on any atom is 0.277 e. The number of aryl methyl sites for hydroxylation is 2. The van der Waals surface area contributed by atoms with Crippen molar-refractivity contribution >= 4 is 29.1 Å². The first kappa shape index (κ1) is 17.6. The van der Waals surface area contributed by atoms with Crippen LogP contribution in [-0.4, -0.2) is 44.9 Å². The van der Waals surface area contributed by atoms with Crippen LogP contribution in [0.3, 0.4) is 0 Å². The number of anilines is 3. The second kappa shape index (κ2) is 7.32. The van der Waals surface area contributed by atoms with Gasteiger partial charge in [-0.25, -0.2) is 9.97 Å². The smallest absolute Gasteiger partial charge is 0.277 e. The highest BCUT2D eigenvalue weighted by molar-refractivity contribution is 6.17. The molecule has 3 rings (SSSR count). The fourth-order valence-electron chi connectivity index (χ4n) is 2.61. The summed E-state index contributed by atoms with van der Waals surface area (Å²) in [5, 5.41) is 15.0. The first-order chi connectivity index (χ1) is 12.5. The molecule has 3 N–H and O–H groups in total. The van der Waals surface area contributed by atoms with Crippen molar-refractivity contribution in [2.75, 3.05) is 23.8 Å². The van der Waals surface area contributed by atoms with Crippen molar-refractivity contribution < 1.29 is 14.7 Å². The first-order valence-electron chi connectivity index (χ1n) is 8.11. The van der Waals surface area contributed by atoms with Crippen molar-refractivity contribution in [1.82, 2.24) is 14.9 Å². The second-order valence-corrected chi connectivity index (χ2v) is 5.88. The Morgan fingerprint density at radius 1 is 1.00 bits per heavy atom. The average Bonchev–Trinajstić information content (AvgIpc) is 2.84. The minimum absolute atomic E-state index is 0.0158. The number of nitrogens with zero attached hydrogens (tertiary/aromatic N) is 3. The molecule has 0 fully saturated rings. The van der Waals surface area contributed by atoms with E-state index in [1.54, 1.807) is 12.1 Å². The third-order valence-corrected chi connectivity index (χ3v) is 3.74. The summed E-state index contributed by atoms with van der Waals surface area (Å²) in [6.45, 7) is 3.53. The zero-order valence-electron chi connectivity index (χ0n) is 14.5. The number of aliphatic hydroxyl groups is 1. The van der Waals surface area contributed by atoms with Gasteiger partial charge in [-0.05, 0) is 44.2 Å². The number of rotatable bonds is 6. The predicted molar refractivity (Wildman–Crippen MR) is 96.7 cm³/mol. The number of carbonyl (C=O) groups is 2. The minimum atomic E-state index is -0.449. The average molecular weight is 353 g/mol. The topological polar surface area (TPSA) is 107 Å². The molecule has 1 aliphatic rings. The Balaban J connectivity index is 1.67. The van der Waals surface area contributed by atoms with Crippen LogP contribution in [0, 0.1) is 13.8 Å². The van der Waals surface area contributed by atoms with Crippen molar-refractivity contribution in [1.29, 1.82) is 0 Å². The van der Waals surface area contributed by atoms with Gasteiger partial charge in [-0.15, -0.1) is 0 Å². The fourth-order valence-corrected chi connectivity index (χ4v) is 2.61. The Morgan fingerprint density at radius 2 is 1.58 bits per heavy atom. The summed E-state index contributed by atoms with van der Waals surface area (Å²) in [5.74, 6) is -0.367. The molecular formula is C18H19N5O3. The molecule has 1 aliphatic heterocycles. The molecule has 1 aromatic heterocycles. The number of aliphatic hydroxyl groups excluding tert-OH is 1. The SMILES string of the molecule is Cc1cc(C)nc(Nc2ccc(NC3=CC(=O)N(CCO)C3=O)cc2)n1. The van der Waals surface area contributed by atoms with Gasteiger partial charge in [-0.3, -0.25) is 14.5 Å². The van der Waals surface area contributed by atoms with Crippen molar-refractivity contribution in [3.05, 3.63) is 53.5 Å². The highest BCUT2D eigenvalue weighted by Gasteiger charge is 2.30. The predicted octanol–water partition coefficient (Wildman–Crippen LogP) is 1.49.